The first-order valence-electron chi connectivity index (χ1n) is 8.90. The van der Waals surface area contributed by atoms with Crippen molar-refractivity contribution in [1.29, 1.82) is 0 Å². The third-order valence-corrected chi connectivity index (χ3v) is 4.34. The van der Waals surface area contributed by atoms with Gasteiger partial charge in [0.2, 0.25) is 0 Å². The van der Waals surface area contributed by atoms with Gasteiger partial charge in [0.15, 0.2) is 11.5 Å². The lowest BCUT2D eigenvalue weighted by atomic mass is 10.1. The van der Waals surface area contributed by atoms with Gasteiger partial charge in [-0.05, 0) is 49.2 Å². The lowest BCUT2D eigenvalue weighted by Crippen LogP contribution is -2.08. The molecule has 0 saturated carbocycles. The van der Waals surface area contributed by atoms with Crippen LogP contribution in [-0.2, 0) is 6.42 Å². The second-order valence-electron chi connectivity index (χ2n) is 6.19. The number of aromatic nitrogens is 2. The van der Waals surface area contributed by atoms with Gasteiger partial charge in [-0.1, -0.05) is 23.7 Å². The molecule has 2 N–H and O–H groups in total. The second kappa shape index (κ2) is 9.28. The number of anilines is 3. The number of hydrogen-bond acceptors (Lipinski definition) is 6. The van der Waals surface area contributed by atoms with Gasteiger partial charge in [0.05, 0.1) is 14.2 Å². The molecule has 0 aliphatic carbocycles. The SMILES string of the molecule is COc1ccc(CCNc2cc(Nc3cccc(Cl)c3)nc(C)n2)cc1OC. The average Bonchev–Trinajstić information content (AvgIpc) is 2.67. The Morgan fingerprint density at radius 3 is 2.46 bits per heavy atom. The van der Waals surface area contributed by atoms with E-state index in [-0.39, 0.29) is 0 Å². The molecule has 3 rings (SSSR count). The summed E-state index contributed by atoms with van der Waals surface area (Å²) in [6, 6.07) is 15.3. The van der Waals surface area contributed by atoms with E-state index in [9.17, 15) is 0 Å². The molecule has 0 unspecified atom stereocenters. The molecule has 3 aromatic rings. The number of rotatable bonds is 8. The predicted octanol–water partition coefficient (Wildman–Crippen LogP) is 4.85. The first-order chi connectivity index (χ1) is 13.6. The zero-order chi connectivity index (χ0) is 19.9. The van der Waals surface area contributed by atoms with Crippen molar-refractivity contribution in [2.45, 2.75) is 13.3 Å². The Hall–Kier alpha value is -2.99. The van der Waals surface area contributed by atoms with Gasteiger partial charge in [-0.2, -0.15) is 0 Å². The van der Waals surface area contributed by atoms with Gasteiger partial charge in [0.25, 0.3) is 0 Å². The summed E-state index contributed by atoms with van der Waals surface area (Å²) >= 11 is 6.04. The second-order valence-corrected chi connectivity index (χ2v) is 6.62. The largest absolute Gasteiger partial charge is 0.493 e. The van der Waals surface area contributed by atoms with Gasteiger partial charge < -0.3 is 20.1 Å². The maximum Gasteiger partial charge on any atom is 0.160 e. The van der Waals surface area contributed by atoms with E-state index in [2.05, 4.69) is 20.6 Å². The van der Waals surface area contributed by atoms with E-state index in [1.54, 1.807) is 14.2 Å². The lowest BCUT2D eigenvalue weighted by Gasteiger charge is -2.12. The van der Waals surface area contributed by atoms with Crippen LogP contribution in [0.3, 0.4) is 0 Å². The summed E-state index contributed by atoms with van der Waals surface area (Å²) in [7, 11) is 3.27. The van der Waals surface area contributed by atoms with Crippen LogP contribution in [0.15, 0.2) is 48.5 Å². The van der Waals surface area contributed by atoms with Crippen LogP contribution in [0.5, 0.6) is 11.5 Å². The fourth-order valence-electron chi connectivity index (χ4n) is 2.81. The van der Waals surface area contributed by atoms with E-state index < -0.39 is 0 Å². The normalized spacial score (nSPS) is 10.4. The number of nitrogens with zero attached hydrogens (tertiary/aromatic N) is 2. The highest BCUT2D eigenvalue weighted by Crippen LogP contribution is 2.27. The van der Waals surface area contributed by atoms with Crippen LogP contribution in [0.25, 0.3) is 0 Å². The van der Waals surface area contributed by atoms with Gasteiger partial charge in [0, 0.05) is 23.3 Å². The minimum Gasteiger partial charge on any atom is -0.493 e. The minimum atomic E-state index is 0.670. The standard InChI is InChI=1S/C21H23ClN4O2/c1-14-24-20(13-21(25-14)26-17-6-4-5-16(22)12-17)23-10-9-15-7-8-18(27-2)19(11-15)28-3/h4-8,11-13H,9-10H2,1-3H3,(H2,23,24,25,26). The zero-order valence-corrected chi connectivity index (χ0v) is 16.9. The Morgan fingerprint density at radius 2 is 1.71 bits per heavy atom. The quantitative estimate of drug-likeness (QED) is 0.565. The molecule has 0 radical (unpaired) electrons. The summed E-state index contributed by atoms with van der Waals surface area (Å²) in [5, 5.41) is 7.27. The number of methoxy groups -OCH3 is 2. The molecule has 2 aromatic carbocycles. The molecule has 1 aromatic heterocycles. The molecule has 0 aliphatic heterocycles. The monoisotopic (exact) mass is 398 g/mol. The lowest BCUT2D eigenvalue weighted by molar-refractivity contribution is 0.354. The van der Waals surface area contributed by atoms with Crippen LogP contribution in [0.2, 0.25) is 5.02 Å². The van der Waals surface area contributed by atoms with E-state index in [1.165, 1.54) is 0 Å². The van der Waals surface area contributed by atoms with E-state index in [0.29, 0.717) is 16.7 Å². The summed E-state index contributed by atoms with van der Waals surface area (Å²) in [6.07, 6.45) is 0.820. The van der Waals surface area contributed by atoms with Crippen molar-refractivity contribution in [1.82, 2.24) is 9.97 Å². The number of benzene rings is 2. The van der Waals surface area contributed by atoms with E-state index in [1.807, 2.05) is 55.5 Å². The molecule has 0 fully saturated rings. The molecule has 6 nitrogen and oxygen atoms in total. The average molecular weight is 399 g/mol. The highest BCUT2D eigenvalue weighted by molar-refractivity contribution is 6.30. The van der Waals surface area contributed by atoms with Crippen molar-refractivity contribution < 1.29 is 9.47 Å². The van der Waals surface area contributed by atoms with Crippen molar-refractivity contribution in [2.24, 2.45) is 0 Å². The molecular formula is C21H23ClN4O2. The van der Waals surface area contributed by atoms with Crippen LogP contribution >= 0.6 is 11.6 Å². The molecule has 146 valence electrons. The molecule has 0 bridgehead atoms. The minimum absolute atomic E-state index is 0.670. The van der Waals surface area contributed by atoms with Crippen LogP contribution in [0, 0.1) is 6.92 Å². The first-order valence-corrected chi connectivity index (χ1v) is 9.28. The number of hydrogen-bond donors (Lipinski definition) is 2. The maximum atomic E-state index is 6.04. The van der Waals surface area contributed by atoms with Crippen LogP contribution < -0.4 is 20.1 Å². The predicted molar refractivity (Wildman–Crippen MR) is 113 cm³/mol. The van der Waals surface area contributed by atoms with Gasteiger partial charge in [-0.15, -0.1) is 0 Å². The zero-order valence-electron chi connectivity index (χ0n) is 16.1. The van der Waals surface area contributed by atoms with Crippen molar-refractivity contribution in [3.05, 3.63) is 64.9 Å². The molecule has 1 heterocycles. The van der Waals surface area contributed by atoms with Crippen molar-refractivity contribution in [3.63, 3.8) is 0 Å². The smallest absolute Gasteiger partial charge is 0.160 e. The van der Waals surface area contributed by atoms with Crippen LogP contribution in [0.1, 0.15) is 11.4 Å². The Bertz CT molecular complexity index is 949. The highest BCUT2D eigenvalue weighted by atomic mass is 35.5. The molecule has 0 spiro atoms. The molecule has 0 aliphatic rings. The Kier molecular flexibility index (Phi) is 6.55. The van der Waals surface area contributed by atoms with Gasteiger partial charge in [0.1, 0.15) is 17.5 Å². The summed E-state index contributed by atoms with van der Waals surface area (Å²) in [4.78, 5) is 8.88. The van der Waals surface area contributed by atoms with Crippen molar-refractivity contribution in [2.75, 3.05) is 31.4 Å². The maximum absolute atomic E-state index is 6.04. The van der Waals surface area contributed by atoms with E-state index in [0.717, 1.165) is 41.5 Å². The Balaban J connectivity index is 1.64. The topological polar surface area (TPSA) is 68.3 Å². The summed E-state index contributed by atoms with van der Waals surface area (Å²) in [5.74, 6) is 3.61. The van der Waals surface area contributed by atoms with E-state index >= 15 is 0 Å². The first kappa shape index (κ1) is 19.8. The van der Waals surface area contributed by atoms with Crippen LogP contribution in [-0.4, -0.2) is 30.7 Å². The summed E-state index contributed by atoms with van der Waals surface area (Å²) in [6.45, 7) is 2.59. The van der Waals surface area contributed by atoms with Crippen molar-refractivity contribution in [3.8, 4) is 11.5 Å². The molecule has 0 saturated heterocycles. The van der Waals surface area contributed by atoms with Gasteiger partial charge in [-0.25, -0.2) is 9.97 Å². The Morgan fingerprint density at radius 1 is 0.929 bits per heavy atom. The summed E-state index contributed by atoms with van der Waals surface area (Å²) in [5.41, 5.74) is 2.02. The molecule has 0 atom stereocenters. The number of halogens is 1. The fourth-order valence-corrected chi connectivity index (χ4v) is 3.00. The van der Waals surface area contributed by atoms with Gasteiger partial charge in [-0.3, -0.25) is 0 Å². The van der Waals surface area contributed by atoms with Crippen molar-refractivity contribution >= 4 is 28.9 Å². The van der Waals surface area contributed by atoms with E-state index in [4.69, 9.17) is 21.1 Å². The highest BCUT2D eigenvalue weighted by Gasteiger charge is 2.06. The number of ether oxygens (including phenoxy) is 2. The number of aryl methyl sites for hydroxylation is 1. The fraction of sp³-hybridized carbons (Fsp3) is 0.238. The molecular weight excluding hydrogens is 376 g/mol. The summed E-state index contributed by atoms with van der Waals surface area (Å²) < 4.78 is 10.6. The molecule has 0 amide bonds. The van der Waals surface area contributed by atoms with Gasteiger partial charge >= 0.3 is 0 Å². The third-order valence-electron chi connectivity index (χ3n) is 4.10. The Labute approximate surface area is 169 Å². The molecule has 28 heavy (non-hydrogen) atoms. The third kappa shape index (κ3) is 5.27. The molecule has 7 heteroatoms. The number of nitrogens with one attached hydrogen (secondary N) is 2. The van der Waals surface area contributed by atoms with Crippen LogP contribution in [0.4, 0.5) is 17.3 Å².